The highest BCUT2D eigenvalue weighted by molar-refractivity contribution is 8.93. The van der Waals surface area contributed by atoms with Crippen LogP contribution < -0.4 is 0 Å². The maximum absolute atomic E-state index is 9.87. The normalized spacial score (nSPS) is 27.1. The van der Waals surface area contributed by atoms with Gasteiger partial charge < -0.3 is 15.1 Å². The second-order valence-electron chi connectivity index (χ2n) is 4.98. The van der Waals surface area contributed by atoms with Gasteiger partial charge in [-0.3, -0.25) is 0 Å². The smallest absolute Gasteiger partial charge is 0.160 e. The zero-order valence-electron chi connectivity index (χ0n) is 9.89. The highest BCUT2D eigenvalue weighted by Crippen LogP contribution is 2.45. The molecule has 1 aromatic carbocycles. The summed E-state index contributed by atoms with van der Waals surface area (Å²) in [7, 11) is 2.18. The van der Waals surface area contributed by atoms with Gasteiger partial charge in [0.05, 0.1) is 0 Å². The van der Waals surface area contributed by atoms with Crippen molar-refractivity contribution in [3.63, 3.8) is 0 Å². The van der Waals surface area contributed by atoms with Crippen molar-refractivity contribution in [2.75, 3.05) is 13.6 Å². The van der Waals surface area contributed by atoms with Gasteiger partial charge in [0, 0.05) is 17.5 Å². The number of fused-ring (bicyclic) bond motifs is 3. The number of aromatic hydroxyl groups is 2. The summed E-state index contributed by atoms with van der Waals surface area (Å²) in [5, 5.41) is 19.4. The zero-order chi connectivity index (χ0) is 11.3. The van der Waals surface area contributed by atoms with Crippen LogP contribution in [0.2, 0.25) is 0 Å². The van der Waals surface area contributed by atoms with E-state index in [9.17, 15) is 10.2 Å². The SMILES string of the molecule is Br.CN1CC[C@H]2c3ccc(O)c(O)c3CC[C@@H]21. The first-order chi connectivity index (χ1) is 7.68. The number of rotatable bonds is 0. The predicted octanol–water partition coefficient (Wildman–Crippen LogP) is 2.41. The third-order valence-electron chi connectivity index (χ3n) is 4.21. The highest BCUT2D eigenvalue weighted by Gasteiger charge is 2.37. The molecule has 3 nitrogen and oxygen atoms in total. The average molecular weight is 300 g/mol. The largest absolute Gasteiger partial charge is 0.504 e. The van der Waals surface area contributed by atoms with Crippen LogP contribution in [0.15, 0.2) is 12.1 Å². The van der Waals surface area contributed by atoms with E-state index in [1.807, 2.05) is 6.07 Å². The van der Waals surface area contributed by atoms with Crippen molar-refractivity contribution >= 4 is 17.0 Å². The quantitative estimate of drug-likeness (QED) is 0.723. The van der Waals surface area contributed by atoms with E-state index in [0.717, 1.165) is 24.9 Å². The van der Waals surface area contributed by atoms with Crippen LogP contribution in [0.25, 0.3) is 0 Å². The summed E-state index contributed by atoms with van der Waals surface area (Å²) < 4.78 is 0. The summed E-state index contributed by atoms with van der Waals surface area (Å²) in [6.45, 7) is 1.14. The highest BCUT2D eigenvalue weighted by atomic mass is 79.9. The van der Waals surface area contributed by atoms with Crippen molar-refractivity contribution in [1.82, 2.24) is 4.90 Å². The van der Waals surface area contributed by atoms with Crippen LogP contribution in [0.1, 0.15) is 29.9 Å². The van der Waals surface area contributed by atoms with Gasteiger partial charge in [-0.1, -0.05) is 6.07 Å². The van der Waals surface area contributed by atoms with Crippen molar-refractivity contribution in [2.45, 2.75) is 31.2 Å². The zero-order valence-corrected chi connectivity index (χ0v) is 11.6. The molecule has 0 amide bonds. The van der Waals surface area contributed by atoms with E-state index in [1.165, 1.54) is 12.0 Å². The Hall–Kier alpha value is -0.740. The molecule has 1 heterocycles. The summed E-state index contributed by atoms with van der Waals surface area (Å²) >= 11 is 0. The van der Waals surface area contributed by atoms with Gasteiger partial charge in [0.2, 0.25) is 0 Å². The molecule has 1 saturated heterocycles. The van der Waals surface area contributed by atoms with Gasteiger partial charge in [-0.2, -0.15) is 0 Å². The molecule has 0 saturated carbocycles. The molecule has 1 fully saturated rings. The number of nitrogens with zero attached hydrogens (tertiary/aromatic N) is 1. The molecular formula is C13H18BrNO2. The molecule has 0 bridgehead atoms. The molecule has 0 radical (unpaired) electrons. The third kappa shape index (κ3) is 1.83. The Labute approximate surface area is 112 Å². The monoisotopic (exact) mass is 299 g/mol. The van der Waals surface area contributed by atoms with Gasteiger partial charge in [0.1, 0.15) is 0 Å². The summed E-state index contributed by atoms with van der Waals surface area (Å²) in [5.74, 6) is 0.661. The Morgan fingerprint density at radius 3 is 2.76 bits per heavy atom. The van der Waals surface area contributed by atoms with E-state index in [1.54, 1.807) is 6.07 Å². The van der Waals surface area contributed by atoms with Crippen molar-refractivity contribution in [1.29, 1.82) is 0 Å². The molecule has 2 N–H and O–H groups in total. The Kier molecular flexibility index (Phi) is 3.36. The predicted molar refractivity (Wildman–Crippen MR) is 72.2 cm³/mol. The van der Waals surface area contributed by atoms with E-state index >= 15 is 0 Å². The van der Waals surface area contributed by atoms with Crippen LogP contribution in [0.3, 0.4) is 0 Å². The second kappa shape index (κ2) is 4.50. The van der Waals surface area contributed by atoms with E-state index in [0.29, 0.717) is 12.0 Å². The molecule has 0 unspecified atom stereocenters. The number of likely N-dealkylation sites (N-methyl/N-ethyl adjacent to an activating group) is 1. The molecule has 2 atom stereocenters. The Balaban J connectivity index is 0.00000108. The van der Waals surface area contributed by atoms with Crippen molar-refractivity contribution in [3.05, 3.63) is 23.3 Å². The number of hydrogen-bond donors (Lipinski definition) is 2. The topological polar surface area (TPSA) is 43.7 Å². The number of likely N-dealkylation sites (tertiary alicyclic amines) is 1. The minimum atomic E-state index is 0. The van der Waals surface area contributed by atoms with E-state index in [4.69, 9.17) is 0 Å². The van der Waals surface area contributed by atoms with E-state index in [-0.39, 0.29) is 28.5 Å². The number of hydrogen-bond acceptors (Lipinski definition) is 3. The fraction of sp³-hybridized carbons (Fsp3) is 0.538. The summed E-state index contributed by atoms with van der Waals surface area (Å²) in [5.41, 5.74) is 2.22. The summed E-state index contributed by atoms with van der Waals surface area (Å²) in [6.07, 6.45) is 3.13. The van der Waals surface area contributed by atoms with Crippen LogP contribution in [-0.2, 0) is 6.42 Å². The lowest BCUT2D eigenvalue weighted by atomic mass is 9.79. The Morgan fingerprint density at radius 2 is 2.00 bits per heavy atom. The molecule has 1 aromatic rings. The number of phenolic OH excluding ortho intramolecular Hbond substituents is 2. The van der Waals surface area contributed by atoms with Gasteiger partial charge in [-0.05, 0) is 44.5 Å². The molecule has 4 heteroatoms. The molecular weight excluding hydrogens is 282 g/mol. The second-order valence-corrected chi connectivity index (χ2v) is 4.98. The van der Waals surface area contributed by atoms with E-state index < -0.39 is 0 Å². The van der Waals surface area contributed by atoms with Crippen LogP contribution in [-0.4, -0.2) is 34.7 Å². The summed E-state index contributed by atoms with van der Waals surface area (Å²) in [4.78, 5) is 2.41. The van der Waals surface area contributed by atoms with Gasteiger partial charge in [-0.15, -0.1) is 17.0 Å². The van der Waals surface area contributed by atoms with Crippen molar-refractivity contribution in [2.24, 2.45) is 0 Å². The van der Waals surface area contributed by atoms with Crippen molar-refractivity contribution < 1.29 is 10.2 Å². The molecule has 17 heavy (non-hydrogen) atoms. The average Bonchev–Trinajstić information content (AvgIpc) is 2.66. The molecule has 94 valence electrons. The molecule has 3 rings (SSSR count). The summed E-state index contributed by atoms with van der Waals surface area (Å²) in [6, 6.07) is 4.23. The van der Waals surface area contributed by atoms with Gasteiger partial charge in [0.15, 0.2) is 11.5 Å². The first-order valence-corrected chi connectivity index (χ1v) is 5.92. The van der Waals surface area contributed by atoms with Gasteiger partial charge in [0.25, 0.3) is 0 Å². The lowest BCUT2D eigenvalue weighted by Crippen LogP contribution is -2.32. The van der Waals surface area contributed by atoms with Crippen LogP contribution >= 0.6 is 17.0 Å². The first-order valence-electron chi connectivity index (χ1n) is 5.92. The maximum atomic E-state index is 9.87. The Bertz CT molecular complexity index is 436. The Morgan fingerprint density at radius 1 is 1.24 bits per heavy atom. The number of phenols is 2. The van der Waals surface area contributed by atoms with Crippen LogP contribution in [0.4, 0.5) is 0 Å². The molecule has 0 aromatic heterocycles. The third-order valence-corrected chi connectivity index (χ3v) is 4.21. The molecule has 1 aliphatic heterocycles. The van der Waals surface area contributed by atoms with Gasteiger partial charge in [-0.25, -0.2) is 0 Å². The molecule has 2 aliphatic rings. The van der Waals surface area contributed by atoms with E-state index in [2.05, 4.69) is 11.9 Å². The first kappa shape index (κ1) is 12.7. The lowest BCUT2D eigenvalue weighted by Gasteiger charge is -2.32. The van der Waals surface area contributed by atoms with Crippen molar-refractivity contribution in [3.8, 4) is 11.5 Å². The molecule has 0 spiro atoms. The van der Waals surface area contributed by atoms with Gasteiger partial charge >= 0.3 is 0 Å². The fourth-order valence-electron chi connectivity index (χ4n) is 3.33. The standard InChI is InChI=1S/C13H17NO2.BrH/c1-14-7-6-9-8-3-5-12(15)13(16)10(8)2-4-11(9)14;/h3,5,9,11,15-16H,2,4,6-7H2,1H3;1H/t9-,11-;/m0./s1. The fourth-order valence-corrected chi connectivity index (χ4v) is 3.33. The number of benzene rings is 1. The minimum absolute atomic E-state index is 0. The lowest BCUT2D eigenvalue weighted by molar-refractivity contribution is 0.272. The minimum Gasteiger partial charge on any atom is -0.504 e. The number of halogens is 1. The maximum Gasteiger partial charge on any atom is 0.160 e. The molecule has 1 aliphatic carbocycles. The van der Waals surface area contributed by atoms with Crippen LogP contribution in [0, 0.1) is 0 Å². The van der Waals surface area contributed by atoms with Crippen LogP contribution in [0.5, 0.6) is 11.5 Å².